The number of carbonyl (C=O) groups is 1. The average Bonchev–Trinajstić information content (AvgIpc) is 3.07. The smallest absolute Gasteiger partial charge is 0.278 e. The molecule has 0 radical (unpaired) electrons. The Morgan fingerprint density at radius 2 is 1.92 bits per heavy atom. The molecule has 1 N–H and O–H groups in total. The number of hydrogen-bond acceptors (Lipinski definition) is 4. The number of amides is 1. The first-order chi connectivity index (χ1) is 12.1. The molecule has 4 rings (SSSR count). The summed E-state index contributed by atoms with van der Waals surface area (Å²) in [5.41, 5.74) is 4.23. The number of nitrogens with one attached hydrogen (secondary N) is 1. The zero-order valence-electron chi connectivity index (χ0n) is 14.1. The Labute approximate surface area is 150 Å². The third-order valence-electron chi connectivity index (χ3n) is 4.34. The van der Waals surface area contributed by atoms with E-state index in [0.29, 0.717) is 23.1 Å². The minimum absolute atomic E-state index is 0.234. The third kappa shape index (κ3) is 2.96. The second-order valence-corrected chi connectivity index (χ2v) is 7.37. The van der Waals surface area contributed by atoms with Gasteiger partial charge in [-0.2, -0.15) is 0 Å². The number of nitrogens with zero attached hydrogens (tertiary/aromatic N) is 1. The van der Waals surface area contributed by atoms with Crippen molar-refractivity contribution in [2.24, 2.45) is 0 Å². The van der Waals surface area contributed by atoms with E-state index in [1.807, 2.05) is 42.5 Å². The summed E-state index contributed by atoms with van der Waals surface area (Å²) in [5.74, 6) is 1.62. The van der Waals surface area contributed by atoms with E-state index in [-0.39, 0.29) is 5.91 Å². The minimum Gasteiger partial charge on any atom is -0.355 e. The average molecular weight is 350 g/mol. The Morgan fingerprint density at radius 3 is 2.68 bits per heavy atom. The second kappa shape index (κ2) is 6.41. The quantitative estimate of drug-likeness (QED) is 0.694. The molecule has 0 saturated heterocycles. The molecule has 0 unspecified atom stereocenters. The molecule has 0 saturated carbocycles. The van der Waals surface area contributed by atoms with Crippen LogP contribution in [0.5, 0.6) is 0 Å². The Bertz CT molecular complexity index is 929. The lowest BCUT2D eigenvalue weighted by Gasteiger charge is -2.13. The molecule has 1 aromatic heterocycles. The first-order valence-corrected chi connectivity index (χ1v) is 9.24. The molecular formula is C20H18N2O2S. The van der Waals surface area contributed by atoms with Gasteiger partial charge in [0, 0.05) is 27.5 Å². The zero-order valence-corrected chi connectivity index (χ0v) is 14.9. The first-order valence-electron chi connectivity index (χ1n) is 8.25. The van der Waals surface area contributed by atoms with Crippen LogP contribution in [-0.4, -0.2) is 11.1 Å². The highest BCUT2D eigenvalue weighted by Gasteiger charge is 2.27. The maximum absolute atomic E-state index is 12.6. The number of carbonyl (C=O) groups excluding carboxylic acids is 1. The lowest BCUT2D eigenvalue weighted by molar-refractivity contribution is 0.101. The monoisotopic (exact) mass is 350 g/mol. The highest BCUT2D eigenvalue weighted by atomic mass is 32.2. The number of rotatable bonds is 3. The lowest BCUT2D eigenvalue weighted by atomic mass is 10.0. The highest BCUT2D eigenvalue weighted by molar-refractivity contribution is 7.98. The second-order valence-electron chi connectivity index (χ2n) is 6.35. The number of hydrogen-bond donors (Lipinski definition) is 1. The SMILES string of the molecule is CC(C)c1ccc(NC(=O)c2noc3c2CSc2ccccc2-3)cc1. The number of benzene rings is 2. The predicted molar refractivity (Wildman–Crippen MR) is 100.0 cm³/mol. The molecule has 0 atom stereocenters. The van der Waals surface area contributed by atoms with Crippen molar-refractivity contribution in [3.8, 4) is 11.3 Å². The normalized spacial score (nSPS) is 12.6. The molecule has 1 amide bonds. The molecule has 5 heteroatoms. The maximum Gasteiger partial charge on any atom is 0.278 e. The highest BCUT2D eigenvalue weighted by Crippen LogP contribution is 2.42. The zero-order chi connectivity index (χ0) is 17.4. The van der Waals surface area contributed by atoms with Gasteiger partial charge in [0.2, 0.25) is 0 Å². The van der Waals surface area contributed by atoms with Crippen molar-refractivity contribution >= 4 is 23.4 Å². The van der Waals surface area contributed by atoms with E-state index in [1.54, 1.807) is 11.8 Å². The van der Waals surface area contributed by atoms with Gasteiger partial charge in [0.05, 0.1) is 0 Å². The van der Waals surface area contributed by atoms with E-state index in [2.05, 4.69) is 30.4 Å². The molecule has 2 heterocycles. The van der Waals surface area contributed by atoms with Crippen LogP contribution in [0.4, 0.5) is 5.69 Å². The number of anilines is 1. The van der Waals surface area contributed by atoms with Gasteiger partial charge >= 0.3 is 0 Å². The number of fused-ring (bicyclic) bond motifs is 3. The van der Waals surface area contributed by atoms with E-state index in [1.165, 1.54) is 5.56 Å². The van der Waals surface area contributed by atoms with Crippen LogP contribution < -0.4 is 5.32 Å². The topological polar surface area (TPSA) is 55.1 Å². The van der Waals surface area contributed by atoms with Crippen molar-refractivity contribution in [2.45, 2.75) is 30.4 Å². The largest absolute Gasteiger partial charge is 0.355 e. The van der Waals surface area contributed by atoms with Crippen molar-refractivity contribution in [3.63, 3.8) is 0 Å². The summed E-state index contributed by atoms with van der Waals surface area (Å²) >= 11 is 1.70. The van der Waals surface area contributed by atoms with Crippen molar-refractivity contribution in [2.75, 3.05) is 5.32 Å². The molecular weight excluding hydrogens is 332 g/mol. The molecule has 0 spiro atoms. The predicted octanol–water partition coefficient (Wildman–Crippen LogP) is 5.32. The van der Waals surface area contributed by atoms with E-state index >= 15 is 0 Å². The molecule has 0 bridgehead atoms. The molecule has 1 aliphatic rings. The Balaban J connectivity index is 1.59. The van der Waals surface area contributed by atoms with Crippen LogP contribution in [0.2, 0.25) is 0 Å². The van der Waals surface area contributed by atoms with Crippen LogP contribution in [0, 0.1) is 0 Å². The van der Waals surface area contributed by atoms with Gasteiger partial charge < -0.3 is 9.84 Å². The fourth-order valence-electron chi connectivity index (χ4n) is 2.90. The van der Waals surface area contributed by atoms with E-state index in [4.69, 9.17) is 4.52 Å². The molecule has 1 aliphatic heterocycles. The van der Waals surface area contributed by atoms with Crippen LogP contribution in [0.1, 0.15) is 41.4 Å². The number of aromatic nitrogens is 1. The lowest BCUT2D eigenvalue weighted by Crippen LogP contribution is -2.14. The van der Waals surface area contributed by atoms with Crippen LogP contribution in [-0.2, 0) is 5.75 Å². The first kappa shape index (κ1) is 16.0. The standard InChI is InChI=1S/C20H18N2O2S/c1-12(2)13-7-9-14(10-8-13)21-20(23)18-16-11-25-17-6-4-3-5-15(17)19(16)24-22-18/h3-10,12H,11H2,1-2H3,(H,21,23). The van der Waals surface area contributed by atoms with Gasteiger partial charge in [0.1, 0.15) is 0 Å². The Morgan fingerprint density at radius 1 is 1.16 bits per heavy atom. The summed E-state index contributed by atoms with van der Waals surface area (Å²) in [6.07, 6.45) is 0. The minimum atomic E-state index is -0.234. The van der Waals surface area contributed by atoms with E-state index < -0.39 is 0 Å². The van der Waals surface area contributed by atoms with Crippen molar-refractivity contribution in [3.05, 3.63) is 65.4 Å². The fourth-order valence-corrected chi connectivity index (χ4v) is 3.96. The van der Waals surface area contributed by atoms with E-state index in [9.17, 15) is 4.79 Å². The molecule has 0 aliphatic carbocycles. The Kier molecular flexibility index (Phi) is 4.09. The number of thioether (sulfide) groups is 1. The summed E-state index contributed by atoms with van der Waals surface area (Å²) < 4.78 is 5.50. The van der Waals surface area contributed by atoms with Crippen molar-refractivity contribution in [1.82, 2.24) is 5.16 Å². The third-order valence-corrected chi connectivity index (χ3v) is 5.44. The summed E-state index contributed by atoms with van der Waals surface area (Å²) in [7, 11) is 0. The molecule has 2 aromatic carbocycles. The fraction of sp³-hybridized carbons (Fsp3) is 0.200. The van der Waals surface area contributed by atoms with Crippen LogP contribution in [0.25, 0.3) is 11.3 Å². The van der Waals surface area contributed by atoms with Crippen LogP contribution in [0.3, 0.4) is 0 Å². The van der Waals surface area contributed by atoms with Gasteiger partial charge in [-0.1, -0.05) is 43.3 Å². The van der Waals surface area contributed by atoms with Gasteiger partial charge in [-0.05, 0) is 35.7 Å². The van der Waals surface area contributed by atoms with Gasteiger partial charge in [-0.15, -0.1) is 11.8 Å². The van der Waals surface area contributed by atoms with E-state index in [0.717, 1.165) is 21.7 Å². The van der Waals surface area contributed by atoms with Gasteiger partial charge in [-0.25, -0.2) is 0 Å². The summed E-state index contributed by atoms with van der Waals surface area (Å²) in [4.78, 5) is 13.8. The maximum atomic E-state index is 12.6. The van der Waals surface area contributed by atoms with Crippen molar-refractivity contribution < 1.29 is 9.32 Å². The van der Waals surface area contributed by atoms with Crippen LogP contribution in [0.15, 0.2) is 57.9 Å². The molecule has 4 nitrogen and oxygen atoms in total. The van der Waals surface area contributed by atoms with Gasteiger partial charge in [0.15, 0.2) is 11.5 Å². The van der Waals surface area contributed by atoms with Crippen molar-refractivity contribution in [1.29, 1.82) is 0 Å². The summed E-state index contributed by atoms with van der Waals surface area (Å²) in [6, 6.07) is 15.9. The molecule has 25 heavy (non-hydrogen) atoms. The Hall–Kier alpha value is -2.53. The molecule has 126 valence electrons. The van der Waals surface area contributed by atoms with Gasteiger partial charge in [-0.3, -0.25) is 4.79 Å². The summed E-state index contributed by atoms with van der Waals surface area (Å²) in [6.45, 7) is 4.29. The molecule has 3 aromatic rings. The van der Waals surface area contributed by atoms with Crippen LogP contribution >= 0.6 is 11.8 Å². The van der Waals surface area contributed by atoms with Gasteiger partial charge in [0.25, 0.3) is 5.91 Å². The summed E-state index contributed by atoms with van der Waals surface area (Å²) in [5, 5.41) is 6.95. The molecule has 0 fully saturated rings.